The van der Waals surface area contributed by atoms with E-state index >= 15 is 0 Å². The molecule has 4 nitrogen and oxygen atoms in total. The summed E-state index contributed by atoms with van der Waals surface area (Å²) in [7, 11) is 0. The van der Waals surface area contributed by atoms with Gasteiger partial charge in [0.1, 0.15) is 16.7 Å². The average Bonchev–Trinajstić information content (AvgIpc) is 1.53. The molecule has 85 heavy (non-hydrogen) atoms. The van der Waals surface area contributed by atoms with Crippen molar-refractivity contribution in [1.29, 1.82) is 0 Å². The Bertz CT molecular complexity index is 4630. The molecule has 0 saturated carbocycles. The van der Waals surface area contributed by atoms with Crippen molar-refractivity contribution in [1.82, 2.24) is 0 Å². The number of hydrogen-bond acceptors (Lipinski definition) is 5. The molecule has 0 radical (unpaired) electrons. The molecule has 0 saturated heterocycles. The van der Waals surface area contributed by atoms with Crippen LogP contribution in [0.5, 0.6) is 0 Å². The highest BCUT2D eigenvalue weighted by Gasteiger charge is 2.51. The second-order valence-electron chi connectivity index (χ2n) is 26.1. The molecule has 1 aliphatic rings. The highest BCUT2D eigenvalue weighted by atomic mass is 32.2. The average molecular weight is 1120 g/mol. The summed E-state index contributed by atoms with van der Waals surface area (Å²) in [6.07, 6.45) is 2.16. The molecule has 14 rings (SSSR count). The van der Waals surface area contributed by atoms with Crippen molar-refractivity contribution in [3.8, 4) is 22.3 Å². The van der Waals surface area contributed by atoms with Gasteiger partial charge in [-0.1, -0.05) is 220 Å². The van der Waals surface area contributed by atoms with Crippen LogP contribution in [-0.4, -0.2) is 6.26 Å². The second-order valence-corrected chi connectivity index (χ2v) is 26.9. The molecule has 0 bridgehead atoms. The number of anilines is 6. The largest absolute Gasteiger partial charge is 0.455 e. The van der Waals surface area contributed by atoms with Crippen LogP contribution in [0, 0.1) is 0 Å². The highest BCUT2D eigenvalue weighted by Crippen LogP contribution is 2.65. The Balaban J connectivity index is 1.17. The standard InChI is InChI=1S/C80H70N2O2S/c1-77(2,3)53-33-29-51(30-34-53)52-31-35-56(36-32-52)80(57-41-47-62(85-10)48-42-57)65-50-68(82(59-23-15-12-16-24-59)61-45-39-55(40-46-61)79(7,8)9)75-72(64-26-18-20-28-70(64)83-75)73(65)74-66(80)49-67(71-63-25-17-19-27-69(63)84-76(71)74)81(58-21-13-11-14-22-58)60-43-37-54(38-44-60)78(4,5)6/h11-50H,1-10H3. The Morgan fingerprint density at radius 3 is 1.21 bits per heavy atom. The summed E-state index contributed by atoms with van der Waals surface area (Å²) >= 11 is 1.76. The Morgan fingerprint density at radius 2 is 0.729 bits per heavy atom. The third kappa shape index (κ3) is 8.97. The summed E-state index contributed by atoms with van der Waals surface area (Å²) in [4.78, 5) is 6.06. The van der Waals surface area contributed by atoms with Gasteiger partial charge in [0.25, 0.3) is 0 Å². The normalized spacial score (nSPS) is 14.3. The number of benzene rings is 11. The van der Waals surface area contributed by atoms with Crippen molar-refractivity contribution < 1.29 is 8.83 Å². The van der Waals surface area contributed by atoms with E-state index in [1.165, 1.54) is 27.1 Å². The minimum absolute atomic E-state index is 0.0340. The number of para-hydroxylation sites is 4. The maximum absolute atomic E-state index is 7.61. The number of thioether (sulfide) groups is 1. The first-order chi connectivity index (χ1) is 41.0. The van der Waals surface area contributed by atoms with E-state index in [1.807, 2.05) is 0 Å². The first kappa shape index (κ1) is 53.9. The van der Waals surface area contributed by atoms with E-state index in [9.17, 15) is 0 Å². The predicted octanol–water partition coefficient (Wildman–Crippen LogP) is 23.1. The molecule has 1 unspecified atom stereocenters. The van der Waals surface area contributed by atoms with Crippen LogP contribution < -0.4 is 9.80 Å². The monoisotopic (exact) mass is 1120 g/mol. The van der Waals surface area contributed by atoms with Crippen molar-refractivity contribution >= 4 is 89.8 Å². The van der Waals surface area contributed by atoms with Crippen molar-refractivity contribution in [3.05, 3.63) is 282 Å². The van der Waals surface area contributed by atoms with Crippen LogP contribution in [0.1, 0.15) is 101 Å². The fourth-order valence-corrected chi connectivity index (χ4v) is 13.7. The van der Waals surface area contributed by atoms with E-state index in [0.29, 0.717) is 0 Å². The molecule has 13 aromatic rings. The predicted molar refractivity (Wildman–Crippen MR) is 361 cm³/mol. The molecule has 0 fully saturated rings. The molecule has 5 heteroatoms. The number of fused-ring (bicyclic) bond motifs is 11. The van der Waals surface area contributed by atoms with Gasteiger partial charge < -0.3 is 18.6 Å². The summed E-state index contributed by atoms with van der Waals surface area (Å²) < 4.78 is 15.0. The van der Waals surface area contributed by atoms with Crippen LogP contribution in [0.15, 0.2) is 256 Å². The smallest absolute Gasteiger partial charge is 0.160 e. The van der Waals surface area contributed by atoms with Gasteiger partial charge in [-0.25, -0.2) is 0 Å². The fraction of sp³-hybridized carbons (Fsp3) is 0.175. The first-order valence-corrected chi connectivity index (χ1v) is 31.0. The second kappa shape index (κ2) is 20.4. The van der Waals surface area contributed by atoms with Crippen molar-refractivity contribution in [3.63, 3.8) is 0 Å². The van der Waals surface area contributed by atoms with Crippen LogP contribution in [0.3, 0.4) is 0 Å². The molecule has 2 heterocycles. The summed E-state index contributed by atoms with van der Waals surface area (Å²) in [6, 6.07) is 90.1. The lowest BCUT2D eigenvalue weighted by Crippen LogP contribution is -2.29. The SMILES string of the molecule is CSc1ccc(C2(c3ccc(-c4ccc(C(C)(C)C)cc4)cc3)c3cc(N(c4ccccc4)c4ccc(C(C)(C)C)cc4)c4c(oc5ccccc54)c3-c3c2cc(N(c2ccccc2)c2ccc(C(C)(C)C)cc2)c2oc4ccccc4c32)cc1. The van der Waals surface area contributed by atoms with Crippen molar-refractivity contribution in [2.24, 2.45) is 0 Å². The minimum Gasteiger partial charge on any atom is -0.455 e. The maximum Gasteiger partial charge on any atom is 0.160 e. The van der Waals surface area contributed by atoms with Gasteiger partial charge in [0.2, 0.25) is 0 Å². The lowest BCUT2D eigenvalue weighted by atomic mass is 9.67. The first-order valence-electron chi connectivity index (χ1n) is 29.8. The summed E-state index contributed by atoms with van der Waals surface area (Å²) in [5.41, 5.74) is 21.3. The van der Waals surface area contributed by atoms with Crippen LogP contribution in [-0.2, 0) is 21.7 Å². The number of nitrogens with zero attached hydrogens (tertiary/aromatic N) is 2. The van der Waals surface area contributed by atoms with Gasteiger partial charge >= 0.3 is 0 Å². The zero-order valence-corrected chi connectivity index (χ0v) is 51.0. The lowest BCUT2D eigenvalue weighted by Gasteiger charge is -2.36. The van der Waals surface area contributed by atoms with Gasteiger partial charge in [-0.05, 0) is 158 Å². The van der Waals surface area contributed by atoms with Gasteiger partial charge in [0, 0.05) is 54.9 Å². The number of hydrogen-bond donors (Lipinski definition) is 0. The molecule has 0 amide bonds. The highest BCUT2D eigenvalue weighted by molar-refractivity contribution is 7.98. The van der Waals surface area contributed by atoms with Crippen LogP contribution in [0.25, 0.3) is 66.1 Å². The van der Waals surface area contributed by atoms with Gasteiger partial charge in [-0.2, -0.15) is 0 Å². The molecule has 418 valence electrons. The number of rotatable bonds is 10. The topological polar surface area (TPSA) is 32.8 Å². The molecular weight excluding hydrogens is 1050 g/mol. The molecule has 0 spiro atoms. The van der Waals surface area contributed by atoms with Gasteiger partial charge in [-0.15, -0.1) is 11.8 Å². The van der Waals surface area contributed by atoms with Crippen LogP contribution in [0.4, 0.5) is 34.1 Å². The van der Waals surface area contributed by atoms with E-state index in [2.05, 4.69) is 321 Å². The molecule has 0 N–H and O–H groups in total. The maximum atomic E-state index is 7.61. The lowest BCUT2D eigenvalue weighted by molar-refractivity contribution is 0.590. The van der Waals surface area contributed by atoms with Gasteiger partial charge in [0.15, 0.2) is 5.58 Å². The fourth-order valence-electron chi connectivity index (χ4n) is 13.3. The van der Waals surface area contributed by atoms with Crippen LogP contribution in [0.2, 0.25) is 0 Å². The Labute approximate surface area is 504 Å². The van der Waals surface area contributed by atoms with Gasteiger partial charge in [-0.3, -0.25) is 0 Å². The van der Waals surface area contributed by atoms with E-state index in [1.54, 1.807) is 11.8 Å². The Kier molecular flexibility index (Phi) is 12.9. The zero-order valence-electron chi connectivity index (χ0n) is 50.2. The summed E-state index contributed by atoms with van der Waals surface area (Å²) in [5, 5.41) is 4.17. The van der Waals surface area contributed by atoms with Crippen LogP contribution >= 0.6 is 11.8 Å². The molecule has 1 aliphatic carbocycles. The van der Waals surface area contributed by atoms with Gasteiger partial charge in [0.05, 0.1) is 22.2 Å². The Morgan fingerprint density at radius 1 is 0.353 bits per heavy atom. The molecule has 1 atom stereocenters. The molecular formula is C80H70N2O2S. The van der Waals surface area contributed by atoms with E-state index in [4.69, 9.17) is 8.83 Å². The van der Waals surface area contributed by atoms with E-state index in [0.717, 1.165) is 117 Å². The minimum atomic E-state index is -0.948. The zero-order chi connectivity index (χ0) is 58.6. The third-order valence-electron chi connectivity index (χ3n) is 17.7. The molecule has 2 aromatic heterocycles. The molecule has 0 aliphatic heterocycles. The summed E-state index contributed by atoms with van der Waals surface area (Å²) in [6.45, 7) is 20.5. The Hall–Kier alpha value is -9.03. The van der Waals surface area contributed by atoms with E-state index in [-0.39, 0.29) is 16.2 Å². The number of furan rings is 2. The van der Waals surface area contributed by atoms with E-state index < -0.39 is 5.41 Å². The van der Waals surface area contributed by atoms with Crippen molar-refractivity contribution in [2.45, 2.75) is 88.9 Å². The quantitative estimate of drug-likeness (QED) is 0.127. The molecule has 11 aromatic carbocycles. The third-order valence-corrected chi connectivity index (χ3v) is 18.5. The summed E-state index contributed by atoms with van der Waals surface area (Å²) in [5.74, 6) is 0. The van der Waals surface area contributed by atoms with Crippen molar-refractivity contribution in [2.75, 3.05) is 16.1 Å².